The van der Waals surface area contributed by atoms with Crippen LogP contribution in [-0.2, 0) is 4.79 Å². The van der Waals surface area contributed by atoms with Gasteiger partial charge in [-0.05, 0) is 30.4 Å². The molecule has 0 fully saturated rings. The average Bonchev–Trinajstić information content (AvgIpc) is 2.55. The maximum Gasteiger partial charge on any atom is 0.299 e. The molecule has 0 bridgehead atoms. The third kappa shape index (κ3) is 2.22. The number of rotatable bonds is 4. The lowest BCUT2D eigenvalue weighted by Gasteiger charge is -2.10. The lowest BCUT2D eigenvalue weighted by molar-refractivity contribution is -0.114. The van der Waals surface area contributed by atoms with E-state index in [2.05, 4.69) is 6.92 Å². The van der Waals surface area contributed by atoms with Crippen molar-refractivity contribution < 1.29 is 9.59 Å². The molecule has 2 rings (SSSR count). The summed E-state index contributed by atoms with van der Waals surface area (Å²) >= 11 is 1.77. The van der Waals surface area contributed by atoms with E-state index in [1.165, 1.54) is 17.7 Å². The van der Waals surface area contributed by atoms with Crippen LogP contribution in [0.3, 0.4) is 0 Å². The molecule has 1 aliphatic rings. The van der Waals surface area contributed by atoms with E-state index >= 15 is 0 Å². The lowest BCUT2D eigenvalue weighted by Crippen LogP contribution is -2.24. The number of ketones is 1. The second-order valence-corrected chi connectivity index (χ2v) is 5.24. The fourth-order valence-electron chi connectivity index (χ4n) is 1.78. The van der Waals surface area contributed by atoms with Crippen LogP contribution in [-0.4, -0.2) is 24.5 Å². The Hall–Kier alpha value is -1.29. The molecule has 1 aromatic rings. The molecule has 1 aromatic carbocycles. The van der Waals surface area contributed by atoms with Crippen molar-refractivity contribution in [3.8, 4) is 0 Å². The summed E-state index contributed by atoms with van der Waals surface area (Å²) in [4.78, 5) is 25.6. The average molecular weight is 249 g/mol. The van der Waals surface area contributed by atoms with E-state index in [-0.39, 0.29) is 0 Å². The van der Waals surface area contributed by atoms with E-state index in [9.17, 15) is 9.59 Å². The van der Waals surface area contributed by atoms with Gasteiger partial charge in [0.15, 0.2) is 0 Å². The van der Waals surface area contributed by atoms with Crippen LogP contribution >= 0.6 is 11.8 Å². The predicted octanol–water partition coefficient (Wildman–Crippen LogP) is 2.74. The molecule has 0 radical (unpaired) electrons. The molecule has 0 N–H and O–H groups in total. The zero-order valence-electron chi connectivity index (χ0n) is 10.0. The van der Waals surface area contributed by atoms with Gasteiger partial charge in [-0.2, -0.15) is 0 Å². The second kappa shape index (κ2) is 4.92. The van der Waals surface area contributed by atoms with Crippen molar-refractivity contribution in [1.29, 1.82) is 0 Å². The first-order valence-corrected chi connectivity index (χ1v) is 6.73. The molecule has 0 atom stereocenters. The van der Waals surface area contributed by atoms with Gasteiger partial charge in [0, 0.05) is 11.9 Å². The van der Waals surface area contributed by atoms with Crippen molar-refractivity contribution in [2.75, 3.05) is 17.7 Å². The molecule has 0 aliphatic carbocycles. The highest BCUT2D eigenvalue weighted by atomic mass is 32.2. The zero-order valence-corrected chi connectivity index (χ0v) is 10.8. The number of Topliss-reactive ketones (excluding diaryl/α,β-unsaturated/α-hetero) is 1. The number of anilines is 1. The summed E-state index contributed by atoms with van der Waals surface area (Å²) < 4.78 is 0. The third-order valence-corrected chi connectivity index (χ3v) is 3.92. The molecule has 1 heterocycles. The summed E-state index contributed by atoms with van der Waals surface area (Å²) in [6.45, 7) is 2.16. The number of nitrogens with zero attached hydrogens (tertiary/aromatic N) is 1. The van der Waals surface area contributed by atoms with E-state index < -0.39 is 11.7 Å². The van der Waals surface area contributed by atoms with Crippen LogP contribution in [0.5, 0.6) is 0 Å². The van der Waals surface area contributed by atoms with E-state index in [4.69, 9.17) is 0 Å². The van der Waals surface area contributed by atoms with E-state index in [0.717, 1.165) is 16.3 Å². The SMILES string of the molecule is CCCCSc1ccc2c(c1)N(C)C(=O)C2=O. The van der Waals surface area contributed by atoms with Crippen molar-refractivity contribution in [2.45, 2.75) is 24.7 Å². The molecule has 0 aromatic heterocycles. The summed E-state index contributed by atoms with van der Waals surface area (Å²) in [5, 5.41) is 0. The van der Waals surface area contributed by atoms with Crippen molar-refractivity contribution in [2.24, 2.45) is 0 Å². The monoisotopic (exact) mass is 249 g/mol. The summed E-state index contributed by atoms with van der Waals surface area (Å²) in [6.07, 6.45) is 2.35. The van der Waals surface area contributed by atoms with Gasteiger partial charge in [0.2, 0.25) is 0 Å². The quantitative estimate of drug-likeness (QED) is 0.468. The van der Waals surface area contributed by atoms with Crippen LogP contribution in [0.2, 0.25) is 0 Å². The molecule has 1 amide bonds. The number of hydrogen-bond acceptors (Lipinski definition) is 3. The molecule has 4 heteroatoms. The molecule has 17 heavy (non-hydrogen) atoms. The van der Waals surface area contributed by atoms with Gasteiger partial charge >= 0.3 is 0 Å². The number of thioether (sulfide) groups is 1. The van der Waals surface area contributed by atoms with Crippen LogP contribution < -0.4 is 4.90 Å². The van der Waals surface area contributed by atoms with Gasteiger partial charge in [-0.25, -0.2) is 0 Å². The number of fused-ring (bicyclic) bond motifs is 1. The Morgan fingerprint density at radius 2 is 2.06 bits per heavy atom. The van der Waals surface area contributed by atoms with Gasteiger partial charge in [0.25, 0.3) is 11.7 Å². The fraction of sp³-hybridized carbons (Fsp3) is 0.385. The van der Waals surface area contributed by atoms with Gasteiger partial charge in [-0.1, -0.05) is 13.3 Å². The first-order valence-electron chi connectivity index (χ1n) is 5.74. The summed E-state index contributed by atoms with van der Waals surface area (Å²) in [5.74, 6) is 0.240. The first kappa shape index (κ1) is 12.2. The van der Waals surface area contributed by atoms with Gasteiger partial charge < -0.3 is 4.90 Å². The number of hydrogen-bond donors (Lipinski definition) is 0. The highest BCUT2D eigenvalue weighted by Gasteiger charge is 2.33. The highest BCUT2D eigenvalue weighted by molar-refractivity contribution is 7.99. The predicted molar refractivity (Wildman–Crippen MR) is 69.8 cm³/mol. The molecule has 3 nitrogen and oxygen atoms in total. The van der Waals surface area contributed by atoms with Crippen LogP contribution in [0.1, 0.15) is 30.1 Å². The van der Waals surface area contributed by atoms with Crippen LogP contribution in [0.15, 0.2) is 23.1 Å². The van der Waals surface area contributed by atoms with Gasteiger partial charge in [0.1, 0.15) is 0 Å². The zero-order chi connectivity index (χ0) is 12.4. The van der Waals surface area contributed by atoms with Crippen molar-refractivity contribution in [1.82, 2.24) is 0 Å². The number of benzene rings is 1. The smallest absolute Gasteiger partial charge is 0.299 e. The van der Waals surface area contributed by atoms with E-state index in [1.54, 1.807) is 24.9 Å². The maximum absolute atomic E-state index is 11.6. The molecule has 1 aliphatic heterocycles. The Morgan fingerprint density at radius 3 is 2.76 bits per heavy atom. The molecule has 0 unspecified atom stereocenters. The number of unbranched alkanes of at least 4 members (excludes halogenated alkanes) is 1. The van der Waals surface area contributed by atoms with E-state index in [1.807, 2.05) is 12.1 Å². The molecule has 90 valence electrons. The van der Waals surface area contributed by atoms with Crippen molar-refractivity contribution in [3.63, 3.8) is 0 Å². The Bertz CT molecular complexity index is 470. The molecule has 0 spiro atoms. The van der Waals surface area contributed by atoms with Crippen LogP contribution in [0.25, 0.3) is 0 Å². The molecule has 0 saturated carbocycles. The van der Waals surface area contributed by atoms with Gasteiger partial charge in [0.05, 0.1) is 11.3 Å². The summed E-state index contributed by atoms with van der Waals surface area (Å²) in [7, 11) is 1.65. The summed E-state index contributed by atoms with van der Waals surface area (Å²) in [5.41, 5.74) is 1.26. The van der Waals surface area contributed by atoms with Gasteiger partial charge in [-0.3, -0.25) is 9.59 Å². The van der Waals surface area contributed by atoms with Crippen molar-refractivity contribution >= 4 is 29.1 Å². The Morgan fingerprint density at radius 1 is 1.29 bits per heavy atom. The Labute approximate surface area is 105 Å². The second-order valence-electron chi connectivity index (χ2n) is 4.07. The number of likely N-dealkylation sites (N-methyl/N-ethyl adjacent to an activating group) is 1. The first-order chi connectivity index (χ1) is 8.15. The minimum atomic E-state index is -0.435. The molecule has 0 saturated heterocycles. The molecular formula is C13H15NO2S. The number of carbonyl (C=O) groups excluding carboxylic acids is 2. The van der Waals surface area contributed by atoms with Crippen molar-refractivity contribution in [3.05, 3.63) is 23.8 Å². The lowest BCUT2D eigenvalue weighted by atomic mass is 10.1. The number of carbonyl (C=O) groups is 2. The van der Waals surface area contributed by atoms with Crippen LogP contribution in [0, 0.1) is 0 Å². The topological polar surface area (TPSA) is 37.4 Å². The van der Waals surface area contributed by atoms with E-state index in [0.29, 0.717) is 5.56 Å². The number of amides is 1. The third-order valence-electron chi connectivity index (χ3n) is 2.84. The summed E-state index contributed by atoms with van der Waals surface area (Å²) in [6, 6.07) is 5.61. The minimum absolute atomic E-state index is 0.396. The Kier molecular flexibility index (Phi) is 3.52. The minimum Gasteiger partial charge on any atom is -0.308 e. The van der Waals surface area contributed by atoms with Gasteiger partial charge in [-0.15, -0.1) is 11.8 Å². The largest absolute Gasteiger partial charge is 0.308 e. The maximum atomic E-state index is 11.6. The Balaban J connectivity index is 2.21. The highest BCUT2D eigenvalue weighted by Crippen LogP contribution is 2.32. The van der Waals surface area contributed by atoms with Crippen LogP contribution in [0.4, 0.5) is 5.69 Å². The normalized spacial score (nSPS) is 14.4. The molecular weight excluding hydrogens is 234 g/mol. The fourth-order valence-corrected chi connectivity index (χ4v) is 2.81. The standard InChI is InChI=1S/C13H15NO2S/c1-3-4-7-17-9-5-6-10-11(8-9)14(2)13(16)12(10)15/h5-6,8H,3-4,7H2,1-2H3.